The number of carbonyl (C=O) groups excluding carboxylic acids is 1. The quantitative estimate of drug-likeness (QED) is 0.780. The predicted octanol–water partition coefficient (Wildman–Crippen LogP) is 1.98. The number of primary amides is 1. The van der Waals surface area contributed by atoms with Crippen LogP contribution in [0.4, 0.5) is 5.00 Å². The molecule has 0 bridgehead atoms. The van der Waals surface area contributed by atoms with Crippen LogP contribution in [0.1, 0.15) is 29.8 Å². The Morgan fingerprint density at radius 2 is 2.23 bits per heavy atom. The summed E-state index contributed by atoms with van der Waals surface area (Å²) < 4.78 is 0. The zero-order chi connectivity index (χ0) is 10.0. The van der Waals surface area contributed by atoms with E-state index in [0.29, 0.717) is 11.6 Å². The lowest BCUT2D eigenvalue weighted by molar-refractivity contribution is 0.100. The third-order valence-corrected chi connectivity index (χ3v) is 2.67. The Morgan fingerprint density at radius 1 is 1.62 bits per heavy atom. The fourth-order valence-electron chi connectivity index (χ4n) is 1.12. The van der Waals surface area contributed by atoms with Crippen molar-refractivity contribution in [3.8, 4) is 0 Å². The third kappa shape index (κ3) is 2.21. The van der Waals surface area contributed by atoms with Gasteiger partial charge >= 0.3 is 0 Å². The summed E-state index contributed by atoms with van der Waals surface area (Å²) in [6.45, 7) is 5.95. The summed E-state index contributed by atoms with van der Waals surface area (Å²) in [6, 6.07) is 0.316. The summed E-state index contributed by atoms with van der Waals surface area (Å²) in [5.74, 6) is -0.359. The highest BCUT2D eigenvalue weighted by molar-refractivity contribution is 7.14. The van der Waals surface area contributed by atoms with E-state index in [2.05, 4.69) is 5.32 Å². The van der Waals surface area contributed by atoms with Gasteiger partial charge in [0.1, 0.15) is 5.00 Å². The lowest BCUT2D eigenvalue weighted by atomic mass is 10.2. The molecule has 0 spiro atoms. The smallest absolute Gasteiger partial charge is 0.251 e. The SMILES string of the molecule is Cc1csc(NC(C)C)c1C(N)=O. The molecule has 0 unspecified atom stereocenters. The molecule has 72 valence electrons. The van der Waals surface area contributed by atoms with Gasteiger partial charge in [0.05, 0.1) is 5.56 Å². The van der Waals surface area contributed by atoms with Crippen LogP contribution in [-0.4, -0.2) is 11.9 Å². The number of aryl methyl sites for hydroxylation is 1. The van der Waals surface area contributed by atoms with Crippen molar-refractivity contribution < 1.29 is 4.79 Å². The van der Waals surface area contributed by atoms with Gasteiger partial charge in [0, 0.05) is 6.04 Å². The summed E-state index contributed by atoms with van der Waals surface area (Å²) in [7, 11) is 0. The van der Waals surface area contributed by atoms with Crippen LogP contribution in [-0.2, 0) is 0 Å². The number of rotatable bonds is 3. The maximum atomic E-state index is 11.1. The topological polar surface area (TPSA) is 55.1 Å². The highest BCUT2D eigenvalue weighted by atomic mass is 32.1. The van der Waals surface area contributed by atoms with Gasteiger partial charge in [0.25, 0.3) is 5.91 Å². The zero-order valence-corrected chi connectivity index (χ0v) is 8.87. The fourth-order valence-corrected chi connectivity index (χ4v) is 2.21. The number of amides is 1. The first-order valence-corrected chi connectivity index (χ1v) is 5.04. The lowest BCUT2D eigenvalue weighted by Gasteiger charge is -2.08. The number of nitrogens with one attached hydrogen (secondary N) is 1. The summed E-state index contributed by atoms with van der Waals surface area (Å²) in [5.41, 5.74) is 6.83. The summed E-state index contributed by atoms with van der Waals surface area (Å²) in [4.78, 5) is 11.1. The number of thiophene rings is 1. The second-order valence-corrected chi connectivity index (χ2v) is 4.17. The molecule has 1 rings (SSSR count). The molecule has 3 N–H and O–H groups in total. The summed E-state index contributed by atoms with van der Waals surface area (Å²) in [5, 5.41) is 6.00. The number of carbonyl (C=O) groups is 1. The summed E-state index contributed by atoms with van der Waals surface area (Å²) >= 11 is 1.52. The molecule has 13 heavy (non-hydrogen) atoms. The van der Waals surface area contributed by atoms with Crippen LogP contribution in [0.2, 0.25) is 0 Å². The van der Waals surface area contributed by atoms with E-state index in [1.165, 1.54) is 11.3 Å². The molecular weight excluding hydrogens is 184 g/mol. The van der Waals surface area contributed by atoms with Gasteiger partial charge in [-0.05, 0) is 31.7 Å². The summed E-state index contributed by atoms with van der Waals surface area (Å²) in [6.07, 6.45) is 0. The van der Waals surface area contributed by atoms with E-state index in [-0.39, 0.29) is 5.91 Å². The Balaban J connectivity index is 3.00. The Kier molecular flexibility index (Phi) is 2.93. The molecule has 3 nitrogen and oxygen atoms in total. The minimum atomic E-state index is -0.359. The van der Waals surface area contributed by atoms with Gasteiger partial charge in [0.15, 0.2) is 0 Å². The van der Waals surface area contributed by atoms with Crippen molar-refractivity contribution in [2.45, 2.75) is 26.8 Å². The fraction of sp³-hybridized carbons (Fsp3) is 0.444. The Bertz CT molecular complexity index is 317. The Labute approximate surface area is 81.9 Å². The standard InChI is InChI=1S/C9H14N2OS/c1-5(2)11-9-7(8(10)12)6(3)4-13-9/h4-5,11H,1-3H3,(H2,10,12). The highest BCUT2D eigenvalue weighted by Crippen LogP contribution is 2.27. The molecule has 0 atom stereocenters. The van der Waals surface area contributed by atoms with Gasteiger partial charge < -0.3 is 11.1 Å². The van der Waals surface area contributed by atoms with Crippen LogP contribution in [0, 0.1) is 6.92 Å². The molecule has 0 saturated heterocycles. The molecule has 1 heterocycles. The van der Waals surface area contributed by atoms with E-state index >= 15 is 0 Å². The molecule has 1 aromatic rings. The molecule has 0 aromatic carbocycles. The minimum absolute atomic E-state index is 0.316. The minimum Gasteiger partial charge on any atom is -0.374 e. The average molecular weight is 198 g/mol. The zero-order valence-electron chi connectivity index (χ0n) is 8.05. The van der Waals surface area contributed by atoms with Gasteiger partial charge in [0.2, 0.25) is 0 Å². The van der Waals surface area contributed by atoms with Gasteiger partial charge in [-0.3, -0.25) is 4.79 Å². The van der Waals surface area contributed by atoms with Gasteiger partial charge in [-0.2, -0.15) is 0 Å². The normalized spacial score (nSPS) is 10.5. The number of hydrogen-bond donors (Lipinski definition) is 2. The van der Waals surface area contributed by atoms with Crippen LogP contribution in [0.25, 0.3) is 0 Å². The molecule has 0 radical (unpaired) electrons. The van der Waals surface area contributed by atoms with Gasteiger partial charge in [-0.15, -0.1) is 11.3 Å². The van der Waals surface area contributed by atoms with Gasteiger partial charge in [-0.25, -0.2) is 0 Å². The first-order valence-electron chi connectivity index (χ1n) is 4.16. The van der Waals surface area contributed by atoms with E-state index in [4.69, 9.17) is 5.73 Å². The largest absolute Gasteiger partial charge is 0.374 e. The number of anilines is 1. The first-order chi connectivity index (χ1) is 6.02. The van der Waals surface area contributed by atoms with Crippen molar-refractivity contribution in [1.82, 2.24) is 0 Å². The van der Waals surface area contributed by atoms with Crippen LogP contribution in [0.15, 0.2) is 5.38 Å². The van der Waals surface area contributed by atoms with E-state index in [1.807, 2.05) is 26.2 Å². The monoisotopic (exact) mass is 198 g/mol. The second kappa shape index (κ2) is 3.79. The van der Waals surface area contributed by atoms with Crippen LogP contribution in [0.5, 0.6) is 0 Å². The lowest BCUT2D eigenvalue weighted by Crippen LogP contribution is -2.16. The molecule has 0 aliphatic heterocycles. The maximum absolute atomic E-state index is 11.1. The molecule has 0 fully saturated rings. The van der Waals surface area contributed by atoms with Crippen LogP contribution in [0.3, 0.4) is 0 Å². The van der Waals surface area contributed by atoms with E-state index in [1.54, 1.807) is 0 Å². The van der Waals surface area contributed by atoms with E-state index < -0.39 is 0 Å². The number of nitrogens with two attached hydrogens (primary N) is 1. The molecule has 0 aliphatic carbocycles. The highest BCUT2D eigenvalue weighted by Gasteiger charge is 2.13. The first kappa shape index (κ1) is 10.1. The van der Waals surface area contributed by atoms with Crippen molar-refractivity contribution >= 4 is 22.2 Å². The number of hydrogen-bond acceptors (Lipinski definition) is 3. The van der Waals surface area contributed by atoms with Crippen molar-refractivity contribution in [2.24, 2.45) is 5.73 Å². The Hall–Kier alpha value is -1.03. The van der Waals surface area contributed by atoms with Gasteiger partial charge in [-0.1, -0.05) is 0 Å². The molecule has 1 amide bonds. The maximum Gasteiger partial charge on any atom is 0.251 e. The molecule has 4 heteroatoms. The molecular formula is C9H14N2OS. The average Bonchev–Trinajstić information content (AvgIpc) is 2.30. The van der Waals surface area contributed by atoms with Crippen molar-refractivity contribution in [3.63, 3.8) is 0 Å². The van der Waals surface area contributed by atoms with E-state index in [0.717, 1.165) is 10.6 Å². The van der Waals surface area contributed by atoms with Crippen molar-refractivity contribution in [2.75, 3.05) is 5.32 Å². The van der Waals surface area contributed by atoms with Crippen molar-refractivity contribution in [1.29, 1.82) is 0 Å². The third-order valence-electron chi connectivity index (χ3n) is 1.64. The van der Waals surface area contributed by atoms with E-state index in [9.17, 15) is 4.79 Å². The predicted molar refractivity (Wildman–Crippen MR) is 56.3 cm³/mol. The van der Waals surface area contributed by atoms with Crippen LogP contribution < -0.4 is 11.1 Å². The Morgan fingerprint density at radius 3 is 2.69 bits per heavy atom. The van der Waals surface area contributed by atoms with Crippen molar-refractivity contribution in [3.05, 3.63) is 16.5 Å². The molecule has 1 aromatic heterocycles. The molecule has 0 aliphatic rings. The van der Waals surface area contributed by atoms with Crippen LogP contribution >= 0.6 is 11.3 Å². The molecule has 0 saturated carbocycles. The second-order valence-electron chi connectivity index (χ2n) is 3.29.